The summed E-state index contributed by atoms with van der Waals surface area (Å²) in [4.78, 5) is 0. The Morgan fingerprint density at radius 1 is 0.800 bits per heavy atom. The lowest BCUT2D eigenvalue weighted by molar-refractivity contribution is 0.123. The Kier molecular flexibility index (Phi) is 9.96. The van der Waals surface area contributed by atoms with Crippen molar-refractivity contribution in [2.75, 3.05) is 32.4 Å². The van der Waals surface area contributed by atoms with Crippen LogP contribution in [-0.4, -0.2) is 44.9 Å². The first-order valence-corrected chi connectivity index (χ1v) is 14.0. The molecule has 0 atom stereocenters. The molecule has 4 nitrogen and oxygen atoms in total. The van der Waals surface area contributed by atoms with Crippen LogP contribution in [0.1, 0.15) is 33.6 Å². The number of hydrogen-bond donors (Lipinski definition) is 0. The third-order valence-corrected chi connectivity index (χ3v) is 14.1. The molecule has 0 amide bonds. The molecule has 0 saturated heterocycles. The van der Waals surface area contributed by atoms with Gasteiger partial charge in [0.2, 0.25) is 0 Å². The maximum Gasteiger partial charge on any atom is 0.500 e. The second-order valence-corrected chi connectivity index (χ2v) is 14.7. The van der Waals surface area contributed by atoms with Crippen molar-refractivity contribution < 1.29 is 13.3 Å². The number of benzene rings is 1. The van der Waals surface area contributed by atoms with Gasteiger partial charge in [-0.2, -0.15) is 0 Å². The second-order valence-electron chi connectivity index (χ2n) is 6.52. The molecule has 1 rings (SSSR count). The van der Waals surface area contributed by atoms with Gasteiger partial charge in [0.05, 0.1) is 0 Å². The lowest BCUT2D eigenvalue weighted by Crippen LogP contribution is -2.53. The molecule has 6 heteroatoms. The Morgan fingerprint density at radius 3 is 1.76 bits per heavy atom. The van der Waals surface area contributed by atoms with E-state index < -0.39 is 17.0 Å². The van der Waals surface area contributed by atoms with E-state index in [1.54, 1.807) is 21.3 Å². The van der Waals surface area contributed by atoms with E-state index in [4.69, 9.17) is 13.3 Å². The van der Waals surface area contributed by atoms with Crippen LogP contribution >= 0.6 is 0 Å². The molecule has 0 aromatic heterocycles. The Labute approximate surface area is 156 Å². The summed E-state index contributed by atoms with van der Waals surface area (Å²) >= 11 is 0. The van der Waals surface area contributed by atoms with Gasteiger partial charge < -0.3 is 17.8 Å². The lowest BCUT2D eigenvalue weighted by Gasteiger charge is -2.43. The maximum atomic E-state index is 5.55. The molecule has 1 aromatic carbocycles. The maximum absolute atomic E-state index is 5.55. The Balaban J connectivity index is 2.82. The summed E-state index contributed by atoms with van der Waals surface area (Å²) in [7, 11) is 1.18. The zero-order chi connectivity index (χ0) is 18.8. The highest BCUT2D eigenvalue weighted by Gasteiger charge is 2.38. The summed E-state index contributed by atoms with van der Waals surface area (Å²) in [5, 5.41) is 0. The summed E-state index contributed by atoms with van der Waals surface area (Å²) in [5.41, 5.74) is 1.38. The van der Waals surface area contributed by atoms with Crippen LogP contribution in [0.2, 0.25) is 24.2 Å². The Morgan fingerprint density at radius 2 is 1.32 bits per heavy atom. The number of nitrogens with zero attached hydrogens (tertiary/aromatic N) is 1. The molecular weight excluding hydrogens is 346 g/mol. The molecule has 144 valence electrons. The fourth-order valence-corrected chi connectivity index (χ4v) is 9.51. The van der Waals surface area contributed by atoms with Crippen LogP contribution < -0.4 is 4.57 Å². The van der Waals surface area contributed by atoms with Crippen LogP contribution in [0.5, 0.6) is 0 Å². The quantitative estimate of drug-likeness (QED) is 0.348. The average molecular weight is 384 g/mol. The molecule has 0 aliphatic rings. The second kappa shape index (κ2) is 11.1. The number of rotatable bonds is 13. The first-order chi connectivity index (χ1) is 12.1. The standard InChI is InChI=1S/C19H37NO3Si2/c1-7-24(8-2,9-3)20(19-15-11-10-12-16-19)17-13-14-18-25(21-4,22-5)23-6/h10-12,15-16H,7-9,13-14,17-18H2,1-6H3. The summed E-state index contributed by atoms with van der Waals surface area (Å²) < 4.78 is 19.4. The fourth-order valence-electron chi connectivity index (χ4n) is 3.74. The van der Waals surface area contributed by atoms with Gasteiger partial charge in [0.25, 0.3) is 0 Å². The van der Waals surface area contributed by atoms with E-state index in [-0.39, 0.29) is 0 Å². The highest BCUT2D eigenvalue weighted by Crippen LogP contribution is 2.31. The van der Waals surface area contributed by atoms with Crippen molar-refractivity contribution >= 4 is 22.7 Å². The van der Waals surface area contributed by atoms with Crippen molar-refractivity contribution in [3.05, 3.63) is 30.3 Å². The summed E-state index contributed by atoms with van der Waals surface area (Å²) in [6.07, 6.45) is 2.20. The molecule has 0 N–H and O–H groups in total. The van der Waals surface area contributed by atoms with Gasteiger partial charge in [0.1, 0.15) is 0 Å². The van der Waals surface area contributed by atoms with Gasteiger partial charge in [-0.05, 0) is 43.1 Å². The van der Waals surface area contributed by atoms with Crippen LogP contribution in [0.25, 0.3) is 0 Å². The van der Waals surface area contributed by atoms with Crippen LogP contribution in [0, 0.1) is 0 Å². The van der Waals surface area contributed by atoms with Gasteiger partial charge in [0.15, 0.2) is 8.24 Å². The van der Waals surface area contributed by atoms with Crippen LogP contribution in [0.3, 0.4) is 0 Å². The summed E-state index contributed by atoms with van der Waals surface area (Å²) in [5.74, 6) is 0. The van der Waals surface area contributed by atoms with E-state index in [2.05, 4.69) is 55.7 Å². The van der Waals surface area contributed by atoms with Gasteiger partial charge in [-0.25, -0.2) is 0 Å². The molecule has 25 heavy (non-hydrogen) atoms. The lowest BCUT2D eigenvalue weighted by atomic mass is 10.3. The molecule has 0 radical (unpaired) electrons. The molecule has 0 unspecified atom stereocenters. The molecule has 0 saturated carbocycles. The minimum atomic E-state index is -2.45. The zero-order valence-electron chi connectivity index (χ0n) is 17.0. The number of hydrogen-bond acceptors (Lipinski definition) is 4. The summed E-state index contributed by atoms with van der Waals surface area (Å²) in [6, 6.07) is 15.7. The van der Waals surface area contributed by atoms with Crippen molar-refractivity contribution in [1.82, 2.24) is 0 Å². The predicted octanol–water partition coefficient (Wildman–Crippen LogP) is 5.16. The van der Waals surface area contributed by atoms with Crippen molar-refractivity contribution in [3.8, 4) is 0 Å². The minimum Gasteiger partial charge on any atom is -0.397 e. The molecule has 0 fully saturated rings. The normalized spacial score (nSPS) is 12.4. The van der Waals surface area contributed by atoms with Crippen molar-refractivity contribution in [2.24, 2.45) is 0 Å². The molecule has 0 heterocycles. The van der Waals surface area contributed by atoms with Gasteiger partial charge in [-0.15, -0.1) is 0 Å². The third-order valence-electron chi connectivity index (χ3n) is 5.66. The van der Waals surface area contributed by atoms with Gasteiger partial charge >= 0.3 is 8.80 Å². The molecule has 0 aliphatic carbocycles. The van der Waals surface area contributed by atoms with Crippen LogP contribution in [0.4, 0.5) is 5.69 Å². The van der Waals surface area contributed by atoms with Gasteiger partial charge in [-0.1, -0.05) is 39.0 Å². The molecule has 0 spiro atoms. The average Bonchev–Trinajstić information content (AvgIpc) is 2.69. The van der Waals surface area contributed by atoms with Crippen LogP contribution in [0.15, 0.2) is 30.3 Å². The Hall–Kier alpha value is -0.666. The first kappa shape index (κ1) is 22.4. The number of para-hydroxylation sites is 1. The molecule has 1 aromatic rings. The van der Waals surface area contributed by atoms with Crippen molar-refractivity contribution in [2.45, 2.75) is 57.8 Å². The number of unbranched alkanes of at least 4 members (excludes halogenated alkanes) is 1. The third kappa shape index (κ3) is 5.66. The molecule has 0 bridgehead atoms. The Bertz CT molecular complexity index is 448. The first-order valence-electron chi connectivity index (χ1n) is 9.55. The topological polar surface area (TPSA) is 30.9 Å². The minimum absolute atomic E-state index is 0.873. The van der Waals surface area contributed by atoms with E-state index >= 15 is 0 Å². The molecule has 0 aliphatic heterocycles. The van der Waals surface area contributed by atoms with E-state index in [0.29, 0.717) is 0 Å². The monoisotopic (exact) mass is 383 g/mol. The van der Waals surface area contributed by atoms with Gasteiger partial charge in [-0.3, -0.25) is 0 Å². The largest absolute Gasteiger partial charge is 0.500 e. The van der Waals surface area contributed by atoms with Crippen molar-refractivity contribution in [1.29, 1.82) is 0 Å². The van der Waals surface area contributed by atoms with E-state index in [1.807, 2.05) is 0 Å². The zero-order valence-corrected chi connectivity index (χ0v) is 19.0. The van der Waals surface area contributed by atoms with Crippen molar-refractivity contribution in [3.63, 3.8) is 0 Å². The van der Waals surface area contributed by atoms with Crippen LogP contribution in [-0.2, 0) is 13.3 Å². The summed E-state index contributed by atoms with van der Waals surface area (Å²) in [6.45, 7) is 8.21. The number of anilines is 1. The van der Waals surface area contributed by atoms with E-state index in [1.165, 1.54) is 23.8 Å². The van der Waals surface area contributed by atoms with Gasteiger partial charge in [0, 0.05) is 39.6 Å². The fraction of sp³-hybridized carbons (Fsp3) is 0.684. The SMILES string of the molecule is CC[Si](CC)(CC)N(CCCC[Si](OC)(OC)OC)c1ccccc1. The van der Waals surface area contributed by atoms with E-state index in [9.17, 15) is 0 Å². The smallest absolute Gasteiger partial charge is 0.397 e. The molecular formula is C19H37NO3Si2. The van der Waals surface area contributed by atoms with E-state index in [0.717, 1.165) is 25.4 Å². The highest BCUT2D eigenvalue weighted by molar-refractivity contribution is 6.83. The predicted molar refractivity (Wildman–Crippen MR) is 112 cm³/mol. The highest BCUT2D eigenvalue weighted by atomic mass is 28.4.